The van der Waals surface area contributed by atoms with E-state index in [0.717, 1.165) is 16.7 Å². The first-order valence-corrected chi connectivity index (χ1v) is 7.80. The molecule has 0 saturated carbocycles. The van der Waals surface area contributed by atoms with Crippen molar-refractivity contribution in [2.75, 3.05) is 12.8 Å². The van der Waals surface area contributed by atoms with E-state index in [-0.39, 0.29) is 5.82 Å². The lowest BCUT2D eigenvalue weighted by Crippen LogP contribution is -2.11. The van der Waals surface area contributed by atoms with Crippen LogP contribution in [0.15, 0.2) is 48.8 Å². The van der Waals surface area contributed by atoms with Crippen LogP contribution < -0.4 is 5.73 Å². The summed E-state index contributed by atoms with van der Waals surface area (Å²) in [4.78, 5) is 16.0. The van der Waals surface area contributed by atoms with E-state index in [0.29, 0.717) is 23.1 Å². The SMILES string of the molecule is COC(=O)c1cc(-c2ccc(F)cc2)cn1Cc1cc(Cl)ncc1N. The summed E-state index contributed by atoms with van der Waals surface area (Å²) in [5.41, 5.74) is 9.04. The van der Waals surface area contributed by atoms with Gasteiger partial charge in [-0.25, -0.2) is 14.2 Å². The molecule has 2 aromatic heterocycles. The molecule has 3 rings (SSSR count). The molecule has 128 valence electrons. The molecule has 0 atom stereocenters. The van der Waals surface area contributed by atoms with E-state index in [9.17, 15) is 9.18 Å². The zero-order valence-corrected chi connectivity index (χ0v) is 14.1. The van der Waals surface area contributed by atoms with Crippen molar-refractivity contribution in [1.82, 2.24) is 9.55 Å². The average molecular weight is 360 g/mol. The third-order valence-electron chi connectivity index (χ3n) is 3.80. The Morgan fingerprint density at radius 1 is 1.28 bits per heavy atom. The summed E-state index contributed by atoms with van der Waals surface area (Å²) in [5.74, 6) is -0.803. The van der Waals surface area contributed by atoms with Gasteiger partial charge in [-0.2, -0.15) is 0 Å². The summed E-state index contributed by atoms with van der Waals surface area (Å²) in [7, 11) is 1.31. The van der Waals surface area contributed by atoms with Gasteiger partial charge in [0.15, 0.2) is 0 Å². The highest BCUT2D eigenvalue weighted by atomic mass is 35.5. The van der Waals surface area contributed by atoms with Crippen LogP contribution in [0.4, 0.5) is 10.1 Å². The van der Waals surface area contributed by atoms with Gasteiger partial charge < -0.3 is 15.0 Å². The first kappa shape index (κ1) is 17.0. The Morgan fingerprint density at radius 2 is 2.00 bits per heavy atom. The lowest BCUT2D eigenvalue weighted by molar-refractivity contribution is 0.0589. The van der Waals surface area contributed by atoms with Gasteiger partial charge in [0.05, 0.1) is 25.5 Å². The van der Waals surface area contributed by atoms with Crippen LogP contribution >= 0.6 is 11.6 Å². The predicted molar refractivity (Wildman–Crippen MR) is 93.9 cm³/mol. The molecule has 1 aromatic carbocycles. The number of carbonyl (C=O) groups excluding carboxylic acids is 1. The average Bonchev–Trinajstić information content (AvgIpc) is 3.02. The number of hydrogen-bond donors (Lipinski definition) is 1. The summed E-state index contributed by atoms with van der Waals surface area (Å²) >= 11 is 5.93. The number of methoxy groups -OCH3 is 1. The highest BCUT2D eigenvalue weighted by Gasteiger charge is 2.16. The Morgan fingerprint density at radius 3 is 2.68 bits per heavy atom. The number of rotatable bonds is 4. The van der Waals surface area contributed by atoms with Gasteiger partial charge >= 0.3 is 5.97 Å². The molecular weight excluding hydrogens is 345 g/mol. The number of carbonyl (C=O) groups is 1. The number of ether oxygens (including phenoxy) is 1. The number of benzene rings is 1. The number of nitrogens with zero attached hydrogens (tertiary/aromatic N) is 2. The highest BCUT2D eigenvalue weighted by molar-refractivity contribution is 6.29. The largest absolute Gasteiger partial charge is 0.464 e. The molecule has 0 unspecified atom stereocenters. The van der Waals surface area contributed by atoms with E-state index in [1.54, 1.807) is 35.0 Å². The van der Waals surface area contributed by atoms with Crippen molar-refractivity contribution in [2.24, 2.45) is 0 Å². The molecule has 0 radical (unpaired) electrons. The van der Waals surface area contributed by atoms with Crippen molar-refractivity contribution in [2.45, 2.75) is 6.54 Å². The van der Waals surface area contributed by atoms with Gasteiger partial charge in [0.2, 0.25) is 0 Å². The highest BCUT2D eigenvalue weighted by Crippen LogP contribution is 2.25. The van der Waals surface area contributed by atoms with E-state index in [2.05, 4.69) is 4.98 Å². The summed E-state index contributed by atoms with van der Waals surface area (Å²) in [6, 6.07) is 9.37. The van der Waals surface area contributed by atoms with E-state index in [1.165, 1.54) is 25.4 Å². The van der Waals surface area contributed by atoms with E-state index in [1.807, 2.05) is 0 Å². The van der Waals surface area contributed by atoms with Crippen LogP contribution in [0.3, 0.4) is 0 Å². The van der Waals surface area contributed by atoms with Crippen molar-refractivity contribution in [3.05, 3.63) is 71.0 Å². The molecule has 0 bridgehead atoms. The van der Waals surface area contributed by atoms with Crippen LogP contribution in [0.25, 0.3) is 11.1 Å². The number of anilines is 1. The number of hydrogen-bond acceptors (Lipinski definition) is 4. The molecule has 0 saturated heterocycles. The third-order valence-corrected chi connectivity index (χ3v) is 4.01. The Balaban J connectivity index is 2.03. The number of esters is 1. The molecule has 0 fully saturated rings. The molecule has 3 aromatic rings. The molecule has 5 nitrogen and oxygen atoms in total. The summed E-state index contributed by atoms with van der Waals surface area (Å²) in [5, 5.41) is 0.315. The number of nitrogens with two attached hydrogens (primary N) is 1. The van der Waals surface area contributed by atoms with E-state index in [4.69, 9.17) is 22.1 Å². The number of halogens is 2. The minimum absolute atomic E-state index is 0.315. The molecule has 0 aliphatic heterocycles. The second-order valence-electron chi connectivity index (χ2n) is 5.45. The van der Waals surface area contributed by atoms with Gasteiger partial charge in [-0.3, -0.25) is 0 Å². The molecule has 0 aliphatic rings. The second-order valence-corrected chi connectivity index (χ2v) is 5.83. The van der Waals surface area contributed by atoms with Gasteiger partial charge in [0, 0.05) is 11.8 Å². The topological polar surface area (TPSA) is 70.1 Å². The smallest absolute Gasteiger partial charge is 0.354 e. The molecule has 2 heterocycles. The van der Waals surface area contributed by atoms with Crippen molar-refractivity contribution in [3.63, 3.8) is 0 Å². The number of pyridine rings is 1. The molecular formula is C18H15ClFN3O2. The molecule has 0 spiro atoms. The third kappa shape index (κ3) is 3.64. The fraction of sp³-hybridized carbons (Fsp3) is 0.111. The fourth-order valence-electron chi connectivity index (χ4n) is 2.52. The van der Waals surface area contributed by atoms with Gasteiger partial charge in [-0.1, -0.05) is 23.7 Å². The van der Waals surface area contributed by atoms with Crippen molar-refractivity contribution in [3.8, 4) is 11.1 Å². The first-order valence-electron chi connectivity index (χ1n) is 7.42. The van der Waals surface area contributed by atoms with Crippen LogP contribution in [0, 0.1) is 5.82 Å². The Bertz CT molecular complexity index is 923. The molecule has 0 aliphatic carbocycles. The van der Waals surface area contributed by atoms with E-state index < -0.39 is 5.97 Å². The lowest BCUT2D eigenvalue weighted by atomic mass is 10.1. The first-order chi connectivity index (χ1) is 12.0. The Labute approximate surface area is 148 Å². The quantitative estimate of drug-likeness (QED) is 0.568. The van der Waals surface area contributed by atoms with Gasteiger partial charge in [0.25, 0.3) is 0 Å². The monoisotopic (exact) mass is 359 g/mol. The van der Waals surface area contributed by atoms with Crippen molar-refractivity contribution < 1.29 is 13.9 Å². The lowest BCUT2D eigenvalue weighted by Gasteiger charge is -2.10. The minimum Gasteiger partial charge on any atom is -0.464 e. The Kier molecular flexibility index (Phi) is 4.72. The summed E-state index contributed by atoms with van der Waals surface area (Å²) in [6.07, 6.45) is 3.26. The van der Waals surface area contributed by atoms with Crippen molar-refractivity contribution >= 4 is 23.3 Å². The molecule has 25 heavy (non-hydrogen) atoms. The second kappa shape index (κ2) is 6.94. The molecule has 7 heteroatoms. The van der Waals surface area contributed by atoms with Crippen LogP contribution in [0.2, 0.25) is 5.15 Å². The standard InChI is InChI=1S/C18H15ClFN3O2/c1-25-18(24)16-6-12(11-2-4-14(20)5-3-11)9-23(16)10-13-7-17(19)22-8-15(13)21/h2-9H,10,21H2,1H3. The van der Waals surface area contributed by atoms with Crippen LogP contribution in [0.5, 0.6) is 0 Å². The molecule has 2 N–H and O–H groups in total. The number of aromatic nitrogens is 2. The summed E-state index contributed by atoms with van der Waals surface area (Å²) < 4.78 is 19.7. The zero-order valence-electron chi connectivity index (χ0n) is 13.4. The Hall–Kier alpha value is -2.86. The maximum absolute atomic E-state index is 13.1. The van der Waals surface area contributed by atoms with Crippen molar-refractivity contribution in [1.29, 1.82) is 0 Å². The maximum Gasteiger partial charge on any atom is 0.354 e. The summed E-state index contributed by atoms with van der Waals surface area (Å²) in [6.45, 7) is 0.319. The van der Waals surface area contributed by atoms with Gasteiger partial charge in [0.1, 0.15) is 16.7 Å². The van der Waals surface area contributed by atoms with Gasteiger partial charge in [-0.15, -0.1) is 0 Å². The van der Waals surface area contributed by atoms with Crippen LogP contribution in [-0.4, -0.2) is 22.6 Å². The normalized spacial score (nSPS) is 10.7. The fourth-order valence-corrected chi connectivity index (χ4v) is 2.70. The molecule has 0 amide bonds. The zero-order chi connectivity index (χ0) is 18.0. The van der Waals surface area contributed by atoms with Crippen LogP contribution in [0.1, 0.15) is 16.1 Å². The van der Waals surface area contributed by atoms with E-state index >= 15 is 0 Å². The van der Waals surface area contributed by atoms with Crippen LogP contribution in [-0.2, 0) is 11.3 Å². The minimum atomic E-state index is -0.480. The number of nitrogen functional groups attached to an aromatic ring is 1. The maximum atomic E-state index is 13.1. The van der Waals surface area contributed by atoms with Gasteiger partial charge in [-0.05, 0) is 35.4 Å². The predicted octanol–water partition coefficient (Wildman–Crippen LogP) is 3.76.